The van der Waals surface area contributed by atoms with Gasteiger partial charge in [-0.25, -0.2) is 14.6 Å². The largest absolute Gasteiger partial charge is 0.464 e. The lowest BCUT2D eigenvalue weighted by Crippen LogP contribution is -2.48. The van der Waals surface area contributed by atoms with Crippen molar-refractivity contribution in [2.45, 2.75) is 25.2 Å². The van der Waals surface area contributed by atoms with Crippen LogP contribution in [0.15, 0.2) is 30.9 Å². The van der Waals surface area contributed by atoms with Crippen molar-refractivity contribution in [2.24, 2.45) is 0 Å². The van der Waals surface area contributed by atoms with Crippen molar-refractivity contribution < 1.29 is 19.1 Å². The Balaban J connectivity index is 2.37. The number of carboxylic acid groups (broad SMARTS) is 1. The van der Waals surface area contributed by atoms with E-state index in [4.69, 9.17) is 5.11 Å². The second-order valence-corrected chi connectivity index (χ2v) is 4.96. The highest BCUT2D eigenvalue weighted by Crippen LogP contribution is 2.31. The third-order valence-electron chi connectivity index (χ3n) is 3.58. The van der Waals surface area contributed by atoms with Gasteiger partial charge in [0.05, 0.1) is 6.42 Å². The van der Waals surface area contributed by atoms with Crippen LogP contribution in [0.25, 0.3) is 0 Å². The predicted octanol–water partition coefficient (Wildman–Crippen LogP) is 2.44. The molecule has 1 atom stereocenters. The molecule has 1 aromatic carbocycles. The lowest BCUT2D eigenvalue weighted by atomic mass is 9.86. The molecule has 21 heavy (non-hydrogen) atoms. The summed E-state index contributed by atoms with van der Waals surface area (Å²) in [5.74, 6) is -0.835. The molecule has 0 radical (unpaired) electrons. The van der Waals surface area contributed by atoms with Crippen LogP contribution >= 0.6 is 0 Å². The minimum atomic E-state index is -1.29. The predicted molar refractivity (Wildman–Crippen MR) is 75.1 cm³/mol. The van der Waals surface area contributed by atoms with Gasteiger partial charge in [0.1, 0.15) is 5.82 Å². The van der Waals surface area contributed by atoms with Gasteiger partial charge in [0.25, 0.3) is 0 Å². The number of halogens is 1. The van der Waals surface area contributed by atoms with Crippen LogP contribution in [-0.2, 0) is 11.2 Å². The van der Waals surface area contributed by atoms with Crippen molar-refractivity contribution in [3.05, 3.63) is 47.8 Å². The Morgan fingerprint density at radius 2 is 2.33 bits per heavy atom. The van der Waals surface area contributed by atoms with Crippen LogP contribution in [0.2, 0.25) is 0 Å². The van der Waals surface area contributed by atoms with Gasteiger partial charge in [-0.1, -0.05) is 18.2 Å². The highest BCUT2D eigenvalue weighted by atomic mass is 19.1. The molecule has 1 unspecified atom stereocenters. The van der Waals surface area contributed by atoms with Gasteiger partial charge in [0.2, 0.25) is 5.91 Å². The summed E-state index contributed by atoms with van der Waals surface area (Å²) in [5, 5.41) is 9.85. The number of fused-ring (bicyclic) bond motifs is 1. The Bertz CT molecular complexity index is 574. The molecule has 1 heterocycles. The number of rotatable bonds is 3. The molecule has 0 bridgehead atoms. The number of carbonyl (C=O) groups is 2. The highest BCUT2D eigenvalue weighted by molar-refractivity contribution is 5.81. The van der Waals surface area contributed by atoms with Gasteiger partial charge in [-0.05, 0) is 36.0 Å². The number of benzene rings is 1. The van der Waals surface area contributed by atoms with Crippen molar-refractivity contribution in [3.8, 4) is 0 Å². The second-order valence-electron chi connectivity index (χ2n) is 4.96. The first kappa shape index (κ1) is 15.0. The number of allylic oxidation sites excluding steroid dienone is 1. The standard InChI is InChI=1S/C15H17FN2O3/c1-2-4-10-7-8-18(17-15(20)21)13(19)9-11-5-3-6-12(16)14(10)11/h2-3,5-6,10,17H,1,4,7-9H2,(H,20,21). The first-order chi connectivity index (χ1) is 10.0. The van der Waals surface area contributed by atoms with Crippen LogP contribution in [-0.4, -0.2) is 28.7 Å². The molecule has 1 aromatic rings. The van der Waals surface area contributed by atoms with E-state index in [1.165, 1.54) is 6.07 Å². The topological polar surface area (TPSA) is 69.6 Å². The molecule has 1 aliphatic rings. The highest BCUT2D eigenvalue weighted by Gasteiger charge is 2.27. The molecule has 0 aromatic heterocycles. The number of carbonyl (C=O) groups excluding carboxylic acids is 1. The minimum Gasteiger partial charge on any atom is -0.464 e. The lowest BCUT2D eigenvalue weighted by Gasteiger charge is -2.29. The fraction of sp³-hybridized carbons (Fsp3) is 0.333. The summed E-state index contributed by atoms with van der Waals surface area (Å²) < 4.78 is 14.1. The van der Waals surface area contributed by atoms with Crippen LogP contribution in [0.4, 0.5) is 9.18 Å². The number of amides is 2. The summed E-state index contributed by atoms with van der Waals surface area (Å²) in [4.78, 5) is 22.8. The van der Waals surface area contributed by atoms with E-state index in [9.17, 15) is 14.0 Å². The maximum Gasteiger partial charge on any atom is 0.423 e. The van der Waals surface area contributed by atoms with Gasteiger partial charge in [-0.15, -0.1) is 6.58 Å². The fourth-order valence-electron chi connectivity index (χ4n) is 2.68. The van der Waals surface area contributed by atoms with Crippen molar-refractivity contribution in [3.63, 3.8) is 0 Å². The quantitative estimate of drug-likeness (QED) is 0.841. The number of hydrazine groups is 1. The van der Waals surface area contributed by atoms with Gasteiger partial charge in [-0.3, -0.25) is 9.80 Å². The molecular formula is C15H17FN2O3. The molecule has 0 saturated carbocycles. The van der Waals surface area contributed by atoms with Gasteiger partial charge in [0, 0.05) is 6.54 Å². The number of nitrogens with zero attached hydrogens (tertiary/aromatic N) is 1. The maximum absolute atomic E-state index is 14.1. The van der Waals surface area contributed by atoms with Crippen LogP contribution in [0.3, 0.4) is 0 Å². The molecule has 2 N–H and O–H groups in total. The Labute approximate surface area is 122 Å². The first-order valence-electron chi connectivity index (χ1n) is 6.71. The van der Waals surface area contributed by atoms with Crippen molar-refractivity contribution in [2.75, 3.05) is 6.54 Å². The first-order valence-corrected chi connectivity index (χ1v) is 6.71. The number of hydrogen-bond donors (Lipinski definition) is 2. The Kier molecular flexibility index (Phi) is 4.57. The van der Waals surface area contributed by atoms with Gasteiger partial charge < -0.3 is 5.11 Å². The van der Waals surface area contributed by atoms with Crippen molar-refractivity contribution >= 4 is 12.0 Å². The molecule has 0 spiro atoms. The van der Waals surface area contributed by atoms with E-state index in [1.807, 2.05) is 0 Å². The third-order valence-corrected chi connectivity index (χ3v) is 3.58. The van der Waals surface area contributed by atoms with Crippen LogP contribution < -0.4 is 5.43 Å². The molecule has 0 fully saturated rings. The molecule has 112 valence electrons. The van der Waals surface area contributed by atoms with Gasteiger partial charge >= 0.3 is 6.09 Å². The molecule has 2 amide bonds. The van der Waals surface area contributed by atoms with Crippen LogP contribution in [0, 0.1) is 5.82 Å². The summed E-state index contributed by atoms with van der Waals surface area (Å²) >= 11 is 0. The SMILES string of the molecule is C=CCC1CCN(NC(=O)O)C(=O)Cc2cccc(F)c21. The molecule has 0 saturated heterocycles. The lowest BCUT2D eigenvalue weighted by molar-refractivity contribution is -0.133. The van der Waals surface area contributed by atoms with E-state index < -0.39 is 6.09 Å². The van der Waals surface area contributed by atoms with Gasteiger partial charge in [0.15, 0.2) is 0 Å². The summed E-state index contributed by atoms with van der Waals surface area (Å²) in [6, 6.07) is 4.65. The van der Waals surface area contributed by atoms with E-state index in [1.54, 1.807) is 18.2 Å². The van der Waals surface area contributed by atoms with E-state index in [2.05, 4.69) is 12.0 Å². The van der Waals surface area contributed by atoms with Crippen molar-refractivity contribution in [1.82, 2.24) is 10.4 Å². The average molecular weight is 292 g/mol. The minimum absolute atomic E-state index is 0.0268. The molecule has 5 nitrogen and oxygen atoms in total. The molecular weight excluding hydrogens is 275 g/mol. The zero-order chi connectivity index (χ0) is 15.4. The van der Waals surface area contributed by atoms with E-state index >= 15 is 0 Å². The Hall–Kier alpha value is -2.37. The molecule has 1 aliphatic heterocycles. The van der Waals surface area contributed by atoms with E-state index in [0.717, 1.165) is 5.01 Å². The molecule has 0 aliphatic carbocycles. The zero-order valence-electron chi connectivity index (χ0n) is 11.5. The van der Waals surface area contributed by atoms with Crippen LogP contribution in [0.5, 0.6) is 0 Å². The zero-order valence-corrected chi connectivity index (χ0v) is 11.5. The summed E-state index contributed by atoms with van der Waals surface area (Å²) in [7, 11) is 0. The van der Waals surface area contributed by atoms with Crippen LogP contribution in [0.1, 0.15) is 29.9 Å². The summed E-state index contributed by atoms with van der Waals surface area (Å²) in [6.07, 6.45) is 1.43. The number of nitrogens with one attached hydrogen (secondary N) is 1. The Morgan fingerprint density at radius 3 is 3.00 bits per heavy atom. The Morgan fingerprint density at radius 1 is 1.57 bits per heavy atom. The summed E-state index contributed by atoms with van der Waals surface area (Å²) in [5.41, 5.74) is 3.23. The monoisotopic (exact) mass is 292 g/mol. The smallest absolute Gasteiger partial charge is 0.423 e. The summed E-state index contributed by atoms with van der Waals surface area (Å²) in [6.45, 7) is 3.89. The van der Waals surface area contributed by atoms with E-state index in [-0.39, 0.29) is 30.6 Å². The second kappa shape index (κ2) is 6.39. The van der Waals surface area contributed by atoms with E-state index in [0.29, 0.717) is 24.0 Å². The maximum atomic E-state index is 14.1. The molecule has 2 rings (SSSR count). The molecule has 6 heteroatoms. The average Bonchev–Trinajstić information content (AvgIpc) is 2.41. The van der Waals surface area contributed by atoms with Crippen molar-refractivity contribution in [1.29, 1.82) is 0 Å². The normalized spacial score (nSPS) is 18.4. The number of hydrogen-bond acceptors (Lipinski definition) is 2. The fourth-order valence-corrected chi connectivity index (χ4v) is 2.68. The third kappa shape index (κ3) is 3.39. The van der Waals surface area contributed by atoms with Gasteiger partial charge in [-0.2, -0.15) is 0 Å².